The molecule has 0 aliphatic heterocycles. The van der Waals surface area contributed by atoms with Crippen LogP contribution >= 0.6 is 34.8 Å². The SMILES string of the molecule is O=C(Nc1nn(Cc2ccc(Cl)c(Cl)c2)cc1Cl)c1ccc(COc2c(F)c(F)c(F)c(F)c2F)o1. The Morgan fingerprint density at radius 1 is 0.917 bits per heavy atom. The lowest BCUT2D eigenvalue weighted by Crippen LogP contribution is -2.12. The molecule has 0 aliphatic rings. The van der Waals surface area contributed by atoms with Crippen LogP contribution in [0.15, 0.2) is 40.9 Å². The molecule has 2 heterocycles. The number of hydrogen-bond acceptors (Lipinski definition) is 4. The van der Waals surface area contributed by atoms with E-state index >= 15 is 0 Å². The van der Waals surface area contributed by atoms with E-state index in [9.17, 15) is 26.7 Å². The Balaban J connectivity index is 1.42. The molecule has 14 heteroatoms. The molecule has 188 valence electrons. The first-order valence-electron chi connectivity index (χ1n) is 9.76. The molecular weight excluding hydrogens is 556 g/mol. The van der Waals surface area contributed by atoms with Crippen LogP contribution in [0.2, 0.25) is 15.1 Å². The molecule has 1 N–H and O–H groups in total. The minimum absolute atomic E-state index is 0.0114. The zero-order valence-electron chi connectivity index (χ0n) is 17.5. The zero-order chi connectivity index (χ0) is 26.1. The molecule has 0 saturated carbocycles. The second kappa shape index (κ2) is 10.4. The Labute approximate surface area is 214 Å². The minimum atomic E-state index is -2.31. The molecule has 0 saturated heterocycles. The summed E-state index contributed by atoms with van der Waals surface area (Å²) in [6, 6.07) is 7.42. The first-order chi connectivity index (χ1) is 17.0. The average molecular weight is 567 g/mol. The number of amides is 1. The van der Waals surface area contributed by atoms with E-state index in [4.69, 9.17) is 44.0 Å². The van der Waals surface area contributed by atoms with Gasteiger partial charge in [-0.25, -0.2) is 13.2 Å². The fraction of sp³-hybridized carbons (Fsp3) is 0.0909. The Morgan fingerprint density at radius 3 is 2.25 bits per heavy atom. The van der Waals surface area contributed by atoms with E-state index < -0.39 is 47.3 Å². The van der Waals surface area contributed by atoms with Gasteiger partial charge >= 0.3 is 0 Å². The summed E-state index contributed by atoms with van der Waals surface area (Å²) in [5.41, 5.74) is 0.769. The van der Waals surface area contributed by atoms with Gasteiger partial charge in [0.2, 0.25) is 29.1 Å². The number of furan rings is 1. The number of nitrogens with one attached hydrogen (secondary N) is 1. The average Bonchev–Trinajstić information content (AvgIpc) is 3.45. The van der Waals surface area contributed by atoms with E-state index in [-0.39, 0.29) is 28.9 Å². The summed E-state index contributed by atoms with van der Waals surface area (Å²) < 4.78 is 78.5. The Kier molecular flexibility index (Phi) is 7.43. The van der Waals surface area contributed by atoms with Crippen LogP contribution in [-0.2, 0) is 13.2 Å². The van der Waals surface area contributed by atoms with E-state index in [1.807, 2.05) is 0 Å². The first-order valence-corrected chi connectivity index (χ1v) is 10.9. The van der Waals surface area contributed by atoms with Crippen LogP contribution in [0.1, 0.15) is 21.9 Å². The molecule has 0 radical (unpaired) electrons. The van der Waals surface area contributed by atoms with Gasteiger partial charge < -0.3 is 14.5 Å². The predicted octanol–water partition coefficient (Wildman–Crippen LogP) is 7.01. The molecule has 4 rings (SSSR count). The number of nitrogens with zero attached hydrogens (tertiary/aromatic N) is 2. The van der Waals surface area contributed by atoms with Crippen LogP contribution in [0.25, 0.3) is 0 Å². The first kappa shape index (κ1) is 25.8. The Bertz CT molecular complexity index is 1450. The van der Waals surface area contributed by atoms with Gasteiger partial charge in [-0.1, -0.05) is 40.9 Å². The van der Waals surface area contributed by atoms with E-state index in [1.165, 1.54) is 23.0 Å². The molecule has 0 unspecified atom stereocenters. The van der Waals surface area contributed by atoms with Crippen molar-refractivity contribution in [1.29, 1.82) is 0 Å². The number of rotatable bonds is 7. The summed E-state index contributed by atoms with van der Waals surface area (Å²) in [6.07, 6.45) is 1.46. The highest BCUT2D eigenvalue weighted by Crippen LogP contribution is 2.30. The van der Waals surface area contributed by atoms with Crippen molar-refractivity contribution in [2.45, 2.75) is 13.2 Å². The standard InChI is InChI=1S/C22H11Cl3F5N3O3/c23-11-3-1-9(5-12(11)24)6-33-7-13(25)21(32-33)31-22(34)14-4-2-10(36-14)8-35-20-18(29)16(27)15(26)17(28)19(20)30/h1-5,7H,6,8H2,(H,31,32,34). The second-order valence-corrected chi connectivity index (χ2v) is 8.40. The number of aromatic nitrogens is 2. The Morgan fingerprint density at radius 2 is 1.58 bits per heavy atom. The van der Waals surface area contributed by atoms with Crippen molar-refractivity contribution in [3.8, 4) is 5.75 Å². The number of hydrogen-bond donors (Lipinski definition) is 1. The normalized spacial score (nSPS) is 11.1. The third kappa shape index (κ3) is 5.28. The number of benzene rings is 2. The smallest absolute Gasteiger partial charge is 0.292 e. The summed E-state index contributed by atoms with van der Waals surface area (Å²) in [7, 11) is 0. The summed E-state index contributed by atoms with van der Waals surface area (Å²) >= 11 is 18.0. The van der Waals surface area contributed by atoms with Gasteiger partial charge in [-0.15, -0.1) is 0 Å². The zero-order valence-corrected chi connectivity index (χ0v) is 19.8. The van der Waals surface area contributed by atoms with Crippen LogP contribution in [0.5, 0.6) is 5.75 Å². The fourth-order valence-electron chi connectivity index (χ4n) is 2.99. The highest BCUT2D eigenvalue weighted by molar-refractivity contribution is 6.42. The van der Waals surface area contributed by atoms with Gasteiger partial charge in [0, 0.05) is 6.20 Å². The van der Waals surface area contributed by atoms with Gasteiger partial charge in [0.15, 0.2) is 17.3 Å². The van der Waals surface area contributed by atoms with Crippen LogP contribution < -0.4 is 10.1 Å². The number of carbonyl (C=O) groups excluding carboxylic acids is 1. The molecule has 0 aliphatic carbocycles. The molecule has 2 aromatic heterocycles. The number of halogens is 8. The third-order valence-electron chi connectivity index (χ3n) is 4.69. The molecule has 1 amide bonds. The monoisotopic (exact) mass is 565 g/mol. The lowest BCUT2D eigenvalue weighted by Gasteiger charge is -2.09. The van der Waals surface area contributed by atoms with Gasteiger partial charge in [0.1, 0.15) is 17.4 Å². The van der Waals surface area contributed by atoms with E-state index in [0.29, 0.717) is 10.0 Å². The van der Waals surface area contributed by atoms with Crippen molar-refractivity contribution >= 4 is 46.5 Å². The van der Waals surface area contributed by atoms with E-state index in [0.717, 1.165) is 5.56 Å². The lowest BCUT2D eigenvalue weighted by molar-refractivity contribution is 0.0991. The molecule has 6 nitrogen and oxygen atoms in total. The fourth-order valence-corrected chi connectivity index (χ4v) is 3.51. The maximum absolute atomic E-state index is 13.7. The van der Waals surface area contributed by atoms with Gasteiger partial charge in [-0.3, -0.25) is 9.48 Å². The molecule has 0 fully saturated rings. The molecule has 2 aromatic carbocycles. The second-order valence-electron chi connectivity index (χ2n) is 7.18. The molecule has 36 heavy (non-hydrogen) atoms. The molecule has 0 spiro atoms. The van der Waals surface area contributed by atoms with E-state index in [1.54, 1.807) is 18.2 Å². The molecular formula is C22H11Cl3F5N3O3. The van der Waals surface area contributed by atoms with Crippen molar-refractivity contribution in [1.82, 2.24) is 9.78 Å². The van der Waals surface area contributed by atoms with Gasteiger partial charge in [-0.05, 0) is 29.8 Å². The van der Waals surface area contributed by atoms with E-state index in [2.05, 4.69) is 10.4 Å². The van der Waals surface area contributed by atoms with Gasteiger partial charge in [0.05, 0.1) is 16.6 Å². The number of anilines is 1. The molecule has 4 aromatic rings. The summed E-state index contributed by atoms with van der Waals surface area (Å²) in [5.74, 6) is -13.5. The quantitative estimate of drug-likeness (QED) is 0.148. The maximum Gasteiger partial charge on any atom is 0.292 e. The summed E-state index contributed by atoms with van der Waals surface area (Å²) in [5, 5.41) is 7.47. The topological polar surface area (TPSA) is 69.3 Å². The van der Waals surface area contributed by atoms with Crippen LogP contribution in [0.3, 0.4) is 0 Å². The lowest BCUT2D eigenvalue weighted by atomic mass is 10.2. The van der Waals surface area contributed by atoms with Crippen molar-refractivity contribution in [3.63, 3.8) is 0 Å². The molecule has 0 bridgehead atoms. The molecule has 0 atom stereocenters. The Hall–Kier alpha value is -3.28. The van der Waals surface area contributed by atoms with Crippen molar-refractivity contribution in [3.05, 3.63) is 97.8 Å². The van der Waals surface area contributed by atoms with Crippen LogP contribution in [0.4, 0.5) is 27.8 Å². The number of carbonyl (C=O) groups is 1. The summed E-state index contributed by atoms with van der Waals surface area (Å²) in [6.45, 7) is -0.461. The largest absolute Gasteiger partial charge is 0.479 e. The minimum Gasteiger partial charge on any atom is -0.479 e. The van der Waals surface area contributed by atoms with Crippen molar-refractivity contribution in [2.24, 2.45) is 0 Å². The van der Waals surface area contributed by atoms with Crippen molar-refractivity contribution in [2.75, 3.05) is 5.32 Å². The van der Waals surface area contributed by atoms with Crippen molar-refractivity contribution < 1.29 is 35.9 Å². The predicted molar refractivity (Wildman–Crippen MR) is 120 cm³/mol. The summed E-state index contributed by atoms with van der Waals surface area (Å²) in [4.78, 5) is 12.5. The highest BCUT2D eigenvalue weighted by atomic mass is 35.5. The van der Waals surface area contributed by atoms with Crippen LogP contribution in [-0.4, -0.2) is 15.7 Å². The number of ether oxygens (including phenoxy) is 1. The van der Waals surface area contributed by atoms with Crippen LogP contribution in [0, 0.1) is 29.1 Å². The highest BCUT2D eigenvalue weighted by Gasteiger charge is 2.27. The maximum atomic E-state index is 13.7. The third-order valence-corrected chi connectivity index (χ3v) is 5.71. The van der Waals surface area contributed by atoms with Gasteiger partial charge in [0.25, 0.3) is 5.91 Å². The van der Waals surface area contributed by atoms with Gasteiger partial charge in [-0.2, -0.15) is 13.9 Å².